The minimum Gasteiger partial charge on any atom is -0.322 e. The van der Waals surface area contributed by atoms with Crippen LogP contribution in [0.3, 0.4) is 0 Å². The molecular weight excluding hydrogens is 332 g/mol. The number of benzene rings is 1. The Morgan fingerprint density at radius 1 is 1.24 bits per heavy atom. The molecule has 1 aliphatic rings. The van der Waals surface area contributed by atoms with Gasteiger partial charge in [0.1, 0.15) is 11.3 Å². The third kappa shape index (κ3) is 3.05. The van der Waals surface area contributed by atoms with Crippen molar-refractivity contribution >= 4 is 17.4 Å². The molecular formula is C20H25ClN4. The van der Waals surface area contributed by atoms with Crippen molar-refractivity contribution in [2.75, 3.05) is 7.05 Å². The summed E-state index contributed by atoms with van der Waals surface area (Å²) in [5, 5.41) is 9.72. The summed E-state index contributed by atoms with van der Waals surface area (Å²) >= 11 is 6.05. The number of rotatable bonds is 3. The van der Waals surface area contributed by atoms with E-state index in [1.54, 1.807) is 7.05 Å². The Morgan fingerprint density at radius 2 is 1.88 bits per heavy atom. The van der Waals surface area contributed by atoms with E-state index in [4.69, 9.17) is 22.7 Å². The monoisotopic (exact) mass is 356 g/mol. The lowest BCUT2D eigenvalue weighted by molar-refractivity contribution is 0.331. The lowest BCUT2D eigenvalue weighted by Crippen LogP contribution is -2.50. The van der Waals surface area contributed by atoms with E-state index in [-0.39, 0.29) is 5.41 Å². The molecule has 25 heavy (non-hydrogen) atoms. The van der Waals surface area contributed by atoms with Crippen LogP contribution in [0.15, 0.2) is 47.6 Å². The molecule has 132 valence electrons. The first kappa shape index (κ1) is 17.9. The average Bonchev–Trinajstić information content (AvgIpc) is 2.53. The van der Waals surface area contributed by atoms with Crippen molar-refractivity contribution in [3.05, 3.63) is 64.2 Å². The van der Waals surface area contributed by atoms with E-state index < -0.39 is 5.54 Å². The number of pyridine rings is 1. The Kier molecular flexibility index (Phi) is 4.60. The highest BCUT2D eigenvalue weighted by molar-refractivity contribution is 6.30. The quantitative estimate of drug-likeness (QED) is 0.637. The van der Waals surface area contributed by atoms with Crippen LogP contribution in [0.2, 0.25) is 5.02 Å². The normalized spacial score (nSPS) is 17.2. The number of hydrogen-bond acceptors (Lipinski definition) is 3. The number of nitrogens with zero attached hydrogens (tertiary/aromatic N) is 2. The molecule has 0 amide bonds. The maximum Gasteiger partial charge on any atom is 0.137 e. The van der Waals surface area contributed by atoms with Gasteiger partial charge in [-0.3, -0.25) is 15.0 Å². The summed E-state index contributed by atoms with van der Waals surface area (Å²) in [6, 6.07) is 11.8. The molecule has 2 aromatic rings. The fraction of sp³-hybridized carbons (Fsp3) is 0.400. The molecule has 0 bridgehead atoms. The Bertz CT molecular complexity index is 853. The van der Waals surface area contributed by atoms with E-state index in [2.05, 4.69) is 4.99 Å². The minimum atomic E-state index is -0.523. The van der Waals surface area contributed by atoms with E-state index in [9.17, 15) is 0 Å². The zero-order chi connectivity index (χ0) is 18.2. The molecule has 0 saturated heterocycles. The van der Waals surface area contributed by atoms with Crippen LogP contribution in [-0.4, -0.2) is 17.5 Å². The van der Waals surface area contributed by atoms with Crippen molar-refractivity contribution in [3.8, 4) is 0 Å². The van der Waals surface area contributed by atoms with Gasteiger partial charge in [-0.1, -0.05) is 36.2 Å². The summed E-state index contributed by atoms with van der Waals surface area (Å²) in [4.78, 5) is 4.46. The van der Waals surface area contributed by atoms with Crippen LogP contribution in [-0.2, 0) is 11.0 Å². The third-order valence-corrected chi connectivity index (χ3v) is 5.42. The number of nitrogens with one attached hydrogen (secondary N) is 1. The van der Waals surface area contributed by atoms with E-state index >= 15 is 0 Å². The minimum absolute atomic E-state index is 0.286. The van der Waals surface area contributed by atoms with Crippen LogP contribution in [0.4, 0.5) is 0 Å². The molecule has 5 heteroatoms. The Morgan fingerprint density at radius 3 is 2.36 bits per heavy atom. The van der Waals surface area contributed by atoms with Crippen LogP contribution in [0.5, 0.6) is 0 Å². The van der Waals surface area contributed by atoms with Crippen LogP contribution < -0.4 is 11.2 Å². The van der Waals surface area contributed by atoms with Gasteiger partial charge >= 0.3 is 0 Å². The fourth-order valence-electron chi connectivity index (χ4n) is 3.60. The SMILES string of the molecule is C/N=c1/c(C(C)(C)N)cccn1C(=N)C1(c2ccc(Cl)cc2)CCC1. The maximum atomic E-state index is 9.00. The molecule has 1 fully saturated rings. The topological polar surface area (TPSA) is 67.2 Å². The molecule has 0 atom stereocenters. The zero-order valence-electron chi connectivity index (χ0n) is 15.0. The second-order valence-corrected chi connectivity index (χ2v) is 7.79. The van der Waals surface area contributed by atoms with Crippen LogP contribution >= 0.6 is 11.6 Å². The predicted octanol–water partition coefficient (Wildman–Crippen LogP) is 3.81. The van der Waals surface area contributed by atoms with Crippen molar-refractivity contribution in [1.82, 2.24) is 4.57 Å². The third-order valence-electron chi connectivity index (χ3n) is 5.17. The molecule has 3 N–H and O–H groups in total. The first-order valence-corrected chi connectivity index (χ1v) is 8.97. The van der Waals surface area contributed by atoms with Crippen molar-refractivity contribution in [3.63, 3.8) is 0 Å². The molecule has 0 aliphatic heterocycles. The van der Waals surface area contributed by atoms with Crippen LogP contribution in [0.1, 0.15) is 44.2 Å². The highest BCUT2D eigenvalue weighted by Crippen LogP contribution is 2.45. The Balaban J connectivity index is 2.13. The summed E-state index contributed by atoms with van der Waals surface area (Å²) < 4.78 is 1.89. The van der Waals surface area contributed by atoms with Crippen LogP contribution in [0.25, 0.3) is 0 Å². The first-order valence-electron chi connectivity index (χ1n) is 8.59. The molecule has 0 radical (unpaired) electrons. The first-order chi connectivity index (χ1) is 11.8. The van der Waals surface area contributed by atoms with Crippen molar-refractivity contribution in [2.45, 2.75) is 44.1 Å². The van der Waals surface area contributed by atoms with Gasteiger partial charge in [0.25, 0.3) is 0 Å². The van der Waals surface area contributed by atoms with Gasteiger partial charge in [-0.15, -0.1) is 0 Å². The molecule has 1 heterocycles. The van der Waals surface area contributed by atoms with Crippen molar-refractivity contribution in [2.24, 2.45) is 10.7 Å². The molecule has 1 aromatic carbocycles. The van der Waals surface area contributed by atoms with Crippen molar-refractivity contribution in [1.29, 1.82) is 5.41 Å². The van der Waals surface area contributed by atoms with E-state index in [1.807, 2.05) is 61.0 Å². The zero-order valence-corrected chi connectivity index (χ0v) is 15.8. The van der Waals surface area contributed by atoms with Gasteiger partial charge in [0, 0.05) is 29.4 Å². The molecule has 1 saturated carbocycles. The number of aromatic nitrogens is 1. The Hall–Kier alpha value is -1.91. The number of nitrogens with two attached hydrogens (primary N) is 1. The largest absolute Gasteiger partial charge is 0.322 e. The molecule has 1 aliphatic carbocycles. The standard InChI is InChI=1S/C20H25ClN4/c1-19(2,23)16-6-4-13-25(17(16)24-3)18(22)20(11-5-12-20)14-7-9-15(21)10-8-14/h4,6-10,13,22H,5,11-12,23H2,1-3H3/b22-18?,24-17-. The van der Waals surface area contributed by atoms with Gasteiger partial charge in [0.05, 0.1) is 5.41 Å². The van der Waals surface area contributed by atoms with E-state index in [0.29, 0.717) is 10.9 Å². The molecule has 0 spiro atoms. The summed E-state index contributed by atoms with van der Waals surface area (Å²) in [6.45, 7) is 3.92. The van der Waals surface area contributed by atoms with Gasteiger partial charge in [-0.2, -0.15) is 0 Å². The number of halogens is 1. The maximum absolute atomic E-state index is 9.00. The smallest absolute Gasteiger partial charge is 0.137 e. The van der Waals surface area contributed by atoms with Gasteiger partial charge in [-0.25, -0.2) is 0 Å². The molecule has 1 aromatic heterocycles. The van der Waals surface area contributed by atoms with Gasteiger partial charge in [-0.05, 0) is 50.5 Å². The predicted molar refractivity (Wildman–Crippen MR) is 103 cm³/mol. The molecule has 0 unspecified atom stereocenters. The van der Waals surface area contributed by atoms with Crippen LogP contribution in [0, 0.1) is 5.41 Å². The number of hydrogen-bond donors (Lipinski definition) is 2. The molecule has 4 nitrogen and oxygen atoms in total. The highest BCUT2D eigenvalue weighted by Gasteiger charge is 2.44. The van der Waals surface area contributed by atoms with Crippen molar-refractivity contribution < 1.29 is 0 Å². The highest BCUT2D eigenvalue weighted by atomic mass is 35.5. The average molecular weight is 357 g/mol. The van der Waals surface area contributed by atoms with Gasteiger partial charge < -0.3 is 5.73 Å². The second kappa shape index (κ2) is 6.43. The summed E-state index contributed by atoms with van der Waals surface area (Å²) in [5.41, 5.74) is 8.35. The fourth-order valence-corrected chi connectivity index (χ4v) is 3.73. The lowest BCUT2D eigenvalue weighted by Gasteiger charge is -2.43. The Labute approximate surface area is 153 Å². The van der Waals surface area contributed by atoms with Gasteiger partial charge in [0.2, 0.25) is 0 Å². The van der Waals surface area contributed by atoms with E-state index in [1.165, 1.54) is 0 Å². The summed E-state index contributed by atoms with van der Waals surface area (Å²) in [7, 11) is 1.75. The van der Waals surface area contributed by atoms with E-state index in [0.717, 1.165) is 35.9 Å². The second-order valence-electron chi connectivity index (χ2n) is 7.35. The summed E-state index contributed by atoms with van der Waals surface area (Å²) in [6.07, 6.45) is 4.95. The lowest BCUT2D eigenvalue weighted by atomic mass is 9.63. The van der Waals surface area contributed by atoms with Gasteiger partial charge in [0.15, 0.2) is 0 Å². The molecule has 3 rings (SSSR count). The summed E-state index contributed by atoms with van der Waals surface area (Å²) in [5.74, 6) is 0.549.